The van der Waals surface area contributed by atoms with E-state index in [-0.39, 0.29) is 23.8 Å². The van der Waals surface area contributed by atoms with Gasteiger partial charge in [0.15, 0.2) is 0 Å². The van der Waals surface area contributed by atoms with Gasteiger partial charge >= 0.3 is 12.1 Å². The Morgan fingerprint density at radius 2 is 1.81 bits per heavy atom. The van der Waals surface area contributed by atoms with Gasteiger partial charge in [0.1, 0.15) is 0 Å². The molecule has 1 aliphatic carbocycles. The number of hydrogen-bond donors (Lipinski definition) is 1. The van der Waals surface area contributed by atoms with E-state index >= 15 is 0 Å². The minimum Gasteiger partial charge on any atom is -0.462 e. The predicted octanol–water partition coefficient (Wildman–Crippen LogP) is 5.41. The van der Waals surface area contributed by atoms with E-state index in [1.54, 1.807) is 25.3 Å². The number of ether oxygens (including phenoxy) is 1. The lowest BCUT2D eigenvalue weighted by Gasteiger charge is -2.34. The van der Waals surface area contributed by atoms with Crippen molar-refractivity contribution < 1.29 is 27.5 Å². The lowest BCUT2D eigenvalue weighted by atomic mass is 9.92. The number of carbonyl (C=O) groups is 2. The second-order valence-electron chi connectivity index (χ2n) is 9.87. The zero-order valence-electron chi connectivity index (χ0n) is 21.1. The molecule has 1 saturated carbocycles. The van der Waals surface area contributed by atoms with Crippen LogP contribution in [0.2, 0.25) is 0 Å². The van der Waals surface area contributed by atoms with Gasteiger partial charge < -0.3 is 15.0 Å². The Hall–Kier alpha value is -3.10. The van der Waals surface area contributed by atoms with Crippen LogP contribution in [0.25, 0.3) is 0 Å². The Kier molecular flexibility index (Phi) is 8.71. The summed E-state index contributed by atoms with van der Waals surface area (Å²) >= 11 is 0. The maximum Gasteiger partial charge on any atom is 0.416 e. The van der Waals surface area contributed by atoms with E-state index in [1.165, 1.54) is 12.1 Å². The first-order valence-electron chi connectivity index (χ1n) is 13.1. The minimum absolute atomic E-state index is 0.0639. The maximum absolute atomic E-state index is 13.1. The van der Waals surface area contributed by atoms with Crippen LogP contribution in [0.15, 0.2) is 42.6 Å². The third kappa shape index (κ3) is 6.81. The molecule has 0 radical (unpaired) electrons. The highest BCUT2D eigenvalue weighted by Gasteiger charge is 2.33. The summed E-state index contributed by atoms with van der Waals surface area (Å²) in [6.45, 7) is 3.35. The average Bonchev–Trinajstić information content (AvgIpc) is 3.34. The summed E-state index contributed by atoms with van der Waals surface area (Å²) in [6, 6.07) is 8.80. The second-order valence-corrected chi connectivity index (χ2v) is 9.87. The topological polar surface area (TPSA) is 71.5 Å². The number of esters is 1. The summed E-state index contributed by atoms with van der Waals surface area (Å²) < 4.78 is 43.6. The number of rotatable bonds is 8. The highest BCUT2D eigenvalue weighted by atomic mass is 19.4. The van der Waals surface area contributed by atoms with Crippen molar-refractivity contribution >= 4 is 17.6 Å². The van der Waals surface area contributed by atoms with Gasteiger partial charge in [-0.05, 0) is 87.8 Å². The van der Waals surface area contributed by atoms with Gasteiger partial charge in [-0.3, -0.25) is 9.78 Å². The molecule has 1 saturated heterocycles. The standard InChI is InChI=1S/C28H34F3N3O3/c1-2-37-27(36)23-6-4-16-32-25(23)13-8-19-5-3-7-24(19)33-26(35)20-14-17-34(18-15-20)22-11-9-21(10-12-22)28(29,30)31/h4,6,9-12,16,19-20,24H,2-3,5,7-8,13-15,17-18H2,1H3,(H,33,35)/t19-,24-/m0/s1. The lowest BCUT2D eigenvalue weighted by Crippen LogP contribution is -2.45. The van der Waals surface area contributed by atoms with E-state index in [0.29, 0.717) is 50.4 Å². The molecule has 6 nitrogen and oxygen atoms in total. The van der Waals surface area contributed by atoms with Crippen LogP contribution in [0.4, 0.5) is 18.9 Å². The molecule has 1 aliphatic heterocycles. The van der Waals surface area contributed by atoms with Crippen molar-refractivity contribution in [1.82, 2.24) is 10.3 Å². The molecule has 4 rings (SSSR count). The zero-order valence-corrected chi connectivity index (χ0v) is 21.1. The number of amides is 1. The number of pyridine rings is 1. The Bertz CT molecular complexity index is 1070. The van der Waals surface area contributed by atoms with E-state index in [0.717, 1.165) is 49.2 Å². The van der Waals surface area contributed by atoms with Crippen molar-refractivity contribution in [1.29, 1.82) is 0 Å². The van der Waals surface area contributed by atoms with Crippen molar-refractivity contribution in [3.63, 3.8) is 0 Å². The van der Waals surface area contributed by atoms with Crippen molar-refractivity contribution in [3.8, 4) is 0 Å². The van der Waals surface area contributed by atoms with Crippen LogP contribution >= 0.6 is 0 Å². The third-order valence-electron chi connectivity index (χ3n) is 7.55. The maximum atomic E-state index is 13.1. The first-order chi connectivity index (χ1) is 17.8. The van der Waals surface area contributed by atoms with Crippen molar-refractivity contribution in [2.45, 2.75) is 64.1 Å². The zero-order chi connectivity index (χ0) is 26.4. The highest BCUT2D eigenvalue weighted by Crippen LogP contribution is 2.33. The molecule has 2 aromatic rings. The highest BCUT2D eigenvalue weighted by molar-refractivity contribution is 5.90. The molecule has 200 valence electrons. The minimum atomic E-state index is -4.34. The SMILES string of the molecule is CCOC(=O)c1cccnc1CC[C@@H]1CCC[C@@H]1NC(=O)C1CCN(c2ccc(C(F)(F)F)cc2)CC1. The molecular weight excluding hydrogens is 483 g/mol. The van der Waals surface area contributed by atoms with Crippen LogP contribution in [0, 0.1) is 11.8 Å². The number of nitrogens with zero attached hydrogens (tertiary/aromatic N) is 2. The van der Waals surface area contributed by atoms with E-state index in [2.05, 4.69) is 10.3 Å². The molecule has 9 heteroatoms. The van der Waals surface area contributed by atoms with Gasteiger partial charge in [0.05, 0.1) is 23.4 Å². The van der Waals surface area contributed by atoms with E-state index in [4.69, 9.17) is 4.74 Å². The predicted molar refractivity (Wildman–Crippen MR) is 134 cm³/mol. The van der Waals surface area contributed by atoms with Crippen LogP contribution in [0.5, 0.6) is 0 Å². The fraction of sp³-hybridized carbons (Fsp3) is 0.536. The van der Waals surface area contributed by atoms with Crippen LogP contribution in [0.1, 0.15) is 67.1 Å². The number of benzene rings is 1. The molecule has 0 spiro atoms. The van der Waals surface area contributed by atoms with Gasteiger partial charge in [-0.2, -0.15) is 13.2 Å². The second kappa shape index (κ2) is 12.0. The van der Waals surface area contributed by atoms with Gasteiger partial charge in [-0.15, -0.1) is 0 Å². The van der Waals surface area contributed by atoms with Crippen LogP contribution < -0.4 is 10.2 Å². The summed E-state index contributed by atoms with van der Waals surface area (Å²) in [5.74, 6) is -0.0649. The molecule has 1 aromatic heterocycles. The fourth-order valence-electron chi connectivity index (χ4n) is 5.49. The Balaban J connectivity index is 1.27. The monoisotopic (exact) mass is 517 g/mol. The lowest BCUT2D eigenvalue weighted by molar-refractivity contribution is -0.137. The number of halogens is 3. The van der Waals surface area contributed by atoms with Crippen LogP contribution in [0.3, 0.4) is 0 Å². The average molecular weight is 518 g/mol. The van der Waals surface area contributed by atoms with Crippen molar-refractivity contribution in [2.24, 2.45) is 11.8 Å². The summed E-state index contributed by atoms with van der Waals surface area (Å²) in [4.78, 5) is 31.7. The normalized spacial score (nSPS) is 20.6. The summed E-state index contributed by atoms with van der Waals surface area (Å²) in [5, 5.41) is 3.28. The molecule has 2 fully saturated rings. The number of hydrogen-bond acceptors (Lipinski definition) is 5. The first-order valence-corrected chi connectivity index (χ1v) is 13.1. The summed E-state index contributed by atoms with van der Waals surface area (Å²) in [5.41, 5.74) is 1.33. The molecule has 1 aromatic carbocycles. The molecule has 37 heavy (non-hydrogen) atoms. The molecule has 2 heterocycles. The molecule has 0 bridgehead atoms. The molecular formula is C28H34F3N3O3. The number of nitrogens with one attached hydrogen (secondary N) is 1. The number of carbonyl (C=O) groups excluding carboxylic acids is 2. The first kappa shape index (κ1) is 26.9. The Morgan fingerprint density at radius 1 is 1.08 bits per heavy atom. The van der Waals surface area contributed by atoms with Gasteiger partial charge in [-0.25, -0.2) is 4.79 Å². The molecule has 1 N–H and O–H groups in total. The van der Waals surface area contributed by atoms with Gasteiger partial charge in [0, 0.05) is 36.9 Å². The van der Waals surface area contributed by atoms with Crippen molar-refractivity contribution in [3.05, 3.63) is 59.4 Å². The molecule has 2 aliphatic rings. The third-order valence-corrected chi connectivity index (χ3v) is 7.55. The van der Waals surface area contributed by atoms with E-state index in [1.807, 2.05) is 4.90 Å². The van der Waals surface area contributed by atoms with Crippen LogP contribution in [-0.2, 0) is 22.1 Å². The van der Waals surface area contributed by atoms with E-state index in [9.17, 15) is 22.8 Å². The molecule has 0 unspecified atom stereocenters. The van der Waals surface area contributed by atoms with E-state index < -0.39 is 11.7 Å². The Labute approximate surface area is 215 Å². The summed E-state index contributed by atoms with van der Waals surface area (Å²) in [7, 11) is 0. The summed E-state index contributed by atoms with van der Waals surface area (Å²) in [6.07, 6.45) is 3.17. The fourth-order valence-corrected chi connectivity index (χ4v) is 5.49. The largest absolute Gasteiger partial charge is 0.462 e. The smallest absolute Gasteiger partial charge is 0.416 e. The van der Waals surface area contributed by atoms with Gasteiger partial charge in [0.25, 0.3) is 0 Å². The van der Waals surface area contributed by atoms with Gasteiger partial charge in [-0.1, -0.05) is 6.42 Å². The number of anilines is 1. The number of piperidine rings is 1. The van der Waals surface area contributed by atoms with Gasteiger partial charge in [0.2, 0.25) is 5.91 Å². The molecule has 1 amide bonds. The Morgan fingerprint density at radius 3 is 2.49 bits per heavy atom. The number of aryl methyl sites for hydroxylation is 1. The van der Waals surface area contributed by atoms with Crippen LogP contribution in [-0.4, -0.2) is 42.6 Å². The molecule has 2 atom stereocenters. The number of alkyl halides is 3. The number of aromatic nitrogens is 1. The van der Waals surface area contributed by atoms with Crippen molar-refractivity contribution in [2.75, 3.05) is 24.6 Å². The quantitative estimate of drug-likeness (QED) is 0.474.